The van der Waals surface area contributed by atoms with Crippen LogP contribution in [-0.2, 0) is 9.53 Å². The molecule has 4 nitrogen and oxygen atoms in total. The van der Waals surface area contributed by atoms with Gasteiger partial charge in [-0.25, -0.2) is 9.78 Å². The predicted molar refractivity (Wildman–Crippen MR) is 123 cm³/mol. The molecule has 0 unspecified atom stereocenters. The highest BCUT2D eigenvalue weighted by Crippen LogP contribution is 2.23. The van der Waals surface area contributed by atoms with Crippen LogP contribution >= 0.6 is 0 Å². The van der Waals surface area contributed by atoms with Gasteiger partial charge in [0.15, 0.2) is 0 Å². The Morgan fingerprint density at radius 3 is 2.57 bits per heavy atom. The van der Waals surface area contributed by atoms with Crippen LogP contribution in [0.4, 0.5) is 0 Å². The summed E-state index contributed by atoms with van der Waals surface area (Å²) in [6.45, 7) is 9.80. The smallest absolute Gasteiger partial charge is 0.330 e. The number of ether oxygens (including phenoxy) is 1. The van der Waals surface area contributed by atoms with Gasteiger partial charge < -0.3 is 4.74 Å². The zero-order valence-corrected chi connectivity index (χ0v) is 18.3. The molecule has 0 aliphatic carbocycles. The SMILES string of the molecule is Cc1ccc(/C(=C\CN2CCCC2)c2cccc(/C=C/C(=O)OCC(C)C)n2)cc1. The van der Waals surface area contributed by atoms with Crippen LogP contribution in [0.25, 0.3) is 11.6 Å². The first-order chi connectivity index (χ1) is 14.5. The van der Waals surface area contributed by atoms with Crippen LogP contribution in [0.5, 0.6) is 0 Å². The van der Waals surface area contributed by atoms with Gasteiger partial charge in [-0.3, -0.25) is 4.90 Å². The molecule has 0 saturated carbocycles. The molecule has 0 radical (unpaired) electrons. The van der Waals surface area contributed by atoms with Gasteiger partial charge in [0.25, 0.3) is 0 Å². The number of rotatable bonds is 8. The third-order valence-electron chi connectivity index (χ3n) is 5.11. The maximum atomic E-state index is 11.9. The summed E-state index contributed by atoms with van der Waals surface area (Å²) in [7, 11) is 0. The maximum Gasteiger partial charge on any atom is 0.330 e. The zero-order chi connectivity index (χ0) is 21.3. The van der Waals surface area contributed by atoms with E-state index in [4.69, 9.17) is 9.72 Å². The molecule has 2 heterocycles. The van der Waals surface area contributed by atoms with Gasteiger partial charge in [-0.15, -0.1) is 0 Å². The largest absolute Gasteiger partial charge is 0.462 e. The fourth-order valence-electron chi connectivity index (χ4n) is 3.43. The molecule has 1 aliphatic heterocycles. The molecule has 3 rings (SSSR count). The first kappa shape index (κ1) is 22.0. The van der Waals surface area contributed by atoms with Crippen molar-refractivity contribution in [3.05, 3.63) is 77.1 Å². The van der Waals surface area contributed by atoms with Crippen LogP contribution in [-0.4, -0.2) is 42.1 Å². The molecule has 0 amide bonds. The van der Waals surface area contributed by atoms with Crippen molar-refractivity contribution in [2.24, 2.45) is 5.92 Å². The lowest BCUT2D eigenvalue weighted by atomic mass is 10.00. The number of carbonyl (C=O) groups is 1. The van der Waals surface area contributed by atoms with Crippen LogP contribution in [0.1, 0.15) is 49.2 Å². The molecule has 4 heteroatoms. The second-order valence-corrected chi connectivity index (χ2v) is 8.30. The van der Waals surface area contributed by atoms with Crippen molar-refractivity contribution < 1.29 is 9.53 Å². The quantitative estimate of drug-likeness (QED) is 0.452. The first-order valence-electron chi connectivity index (χ1n) is 10.8. The molecule has 0 atom stereocenters. The Hall–Kier alpha value is -2.72. The van der Waals surface area contributed by atoms with E-state index in [1.807, 2.05) is 32.0 Å². The fourth-order valence-corrected chi connectivity index (χ4v) is 3.43. The number of aryl methyl sites for hydroxylation is 1. The minimum absolute atomic E-state index is 0.321. The topological polar surface area (TPSA) is 42.4 Å². The van der Waals surface area contributed by atoms with E-state index in [-0.39, 0.29) is 5.97 Å². The number of pyridine rings is 1. The van der Waals surface area contributed by atoms with Gasteiger partial charge in [0.05, 0.1) is 18.0 Å². The van der Waals surface area contributed by atoms with Gasteiger partial charge in [0.1, 0.15) is 0 Å². The van der Waals surface area contributed by atoms with E-state index in [0.29, 0.717) is 12.5 Å². The van der Waals surface area contributed by atoms with Crippen molar-refractivity contribution in [2.45, 2.75) is 33.6 Å². The number of hydrogen-bond donors (Lipinski definition) is 0. The Bertz CT molecular complexity index is 892. The number of hydrogen-bond acceptors (Lipinski definition) is 4. The Morgan fingerprint density at radius 1 is 1.13 bits per heavy atom. The number of benzene rings is 1. The van der Waals surface area contributed by atoms with Gasteiger partial charge in [-0.05, 0) is 62.5 Å². The van der Waals surface area contributed by atoms with E-state index >= 15 is 0 Å². The van der Waals surface area contributed by atoms with Crippen molar-refractivity contribution in [1.29, 1.82) is 0 Å². The Kier molecular flexibility index (Phi) is 7.97. The number of aromatic nitrogens is 1. The predicted octanol–water partition coefficient (Wildman–Crippen LogP) is 5.13. The minimum Gasteiger partial charge on any atom is -0.462 e. The summed E-state index contributed by atoms with van der Waals surface area (Å²) in [5.74, 6) is -0.0131. The minimum atomic E-state index is -0.334. The molecule has 2 aromatic rings. The zero-order valence-electron chi connectivity index (χ0n) is 18.3. The highest BCUT2D eigenvalue weighted by atomic mass is 16.5. The van der Waals surface area contributed by atoms with E-state index in [2.05, 4.69) is 42.2 Å². The molecule has 0 bridgehead atoms. The van der Waals surface area contributed by atoms with Crippen LogP contribution in [0, 0.1) is 12.8 Å². The average molecular weight is 405 g/mol. The van der Waals surface area contributed by atoms with Crippen LogP contribution in [0.15, 0.2) is 54.6 Å². The molecule has 0 spiro atoms. The van der Waals surface area contributed by atoms with Gasteiger partial charge in [0, 0.05) is 18.2 Å². The summed E-state index contributed by atoms with van der Waals surface area (Å²) < 4.78 is 5.21. The van der Waals surface area contributed by atoms with E-state index < -0.39 is 0 Å². The van der Waals surface area contributed by atoms with Crippen molar-refractivity contribution in [1.82, 2.24) is 9.88 Å². The Morgan fingerprint density at radius 2 is 1.87 bits per heavy atom. The second kappa shape index (κ2) is 10.9. The molecule has 30 heavy (non-hydrogen) atoms. The third-order valence-corrected chi connectivity index (χ3v) is 5.11. The van der Waals surface area contributed by atoms with E-state index in [1.54, 1.807) is 6.08 Å². The van der Waals surface area contributed by atoms with Crippen molar-refractivity contribution >= 4 is 17.6 Å². The van der Waals surface area contributed by atoms with Crippen molar-refractivity contribution in [3.8, 4) is 0 Å². The molecular weight excluding hydrogens is 372 g/mol. The molecule has 1 saturated heterocycles. The molecule has 1 aliphatic rings. The lowest BCUT2D eigenvalue weighted by molar-refractivity contribution is -0.138. The molecular formula is C26H32N2O2. The lowest BCUT2D eigenvalue weighted by Crippen LogP contribution is -2.19. The molecule has 1 aromatic carbocycles. The summed E-state index contributed by atoms with van der Waals surface area (Å²) in [5.41, 5.74) is 5.18. The van der Waals surface area contributed by atoms with Crippen molar-refractivity contribution in [3.63, 3.8) is 0 Å². The number of nitrogens with zero attached hydrogens (tertiary/aromatic N) is 2. The lowest BCUT2D eigenvalue weighted by Gasteiger charge is -2.14. The van der Waals surface area contributed by atoms with E-state index in [1.165, 1.54) is 24.5 Å². The van der Waals surface area contributed by atoms with Gasteiger partial charge in [0.2, 0.25) is 0 Å². The fraction of sp³-hybridized carbons (Fsp3) is 0.385. The summed E-state index contributed by atoms with van der Waals surface area (Å²) in [5, 5.41) is 0. The van der Waals surface area contributed by atoms with Gasteiger partial charge in [-0.2, -0.15) is 0 Å². The van der Waals surface area contributed by atoms with Crippen LogP contribution in [0.3, 0.4) is 0 Å². The highest BCUT2D eigenvalue weighted by Gasteiger charge is 2.12. The monoisotopic (exact) mass is 404 g/mol. The number of esters is 1. The summed E-state index contributed by atoms with van der Waals surface area (Å²) in [6, 6.07) is 14.5. The number of likely N-dealkylation sites (tertiary alicyclic amines) is 1. The molecule has 1 aromatic heterocycles. The maximum absolute atomic E-state index is 11.9. The van der Waals surface area contributed by atoms with Crippen molar-refractivity contribution in [2.75, 3.05) is 26.2 Å². The Labute approximate surface area is 180 Å². The highest BCUT2D eigenvalue weighted by molar-refractivity contribution is 5.87. The molecule has 0 N–H and O–H groups in total. The van der Waals surface area contributed by atoms with Crippen LogP contribution < -0.4 is 0 Å². The summed E-state index contributed by atoms with van der Waals surface area (Å²) in [6.07, 6.45) is 8.01. The Balaban J connectivity index is 1.82. The average Bonchev–Trinajstić information content (AvgIpc) is 3.26. The van der Waals surface area contributed by atoms with Gasteiger partial charge >= 0.3 is 5.97 Å². The van der Waals surface area contributed by atoms with Gasteiger partial charge in [-0.1, -0.05) is 55.8 Å². The second-order valence-electron chi connectivity index (χ2n) is 8.30. The van der Waals surface area contributed by atoms with E-state index in [9.17, 15) is 4.79 Å². The third kappa shape index (κ3) is 6.67. The number of carbonyl (C=O) groups excluding carboxylic acids is 1. The van der Waals surface area contributed by atoms with Crippen LogP contribution in [0.2, 0.25) is 0 Å². The standard InChI is InChI=1S/C26H32N2O2/c1-20(2)19-30-26(29)14-13-23-7-6-8-25(27-23)24(15-18-28-16-4-5-17-28)22-11-9-21(3)10-12-22/h6-15,20H,4-5,16-19H2,1-3H3/b14-13+,24-15+. The van der Waals surface area contributed by atoms with E-state index in [0.717, 1.165) is 42.2 Å². The molecule has 1 fully saturated rings. The first-order valence-corrected chi connectivity index (χ1v) is 10.8. The summed E-state index contributed by atoms with van der Waals surface area (Å²) in [4.78, 5) is 19.2. The normalized spacial score (nSPS) is 15.3. The summed E-state index contributed by atoms with van der Waals surface area (Å²) >= 11 is 0. The molecule has 158 valence electrons.